The molecular formula is C22H28BrN5O3. The molecule has 4 N–H and O–H groups in total. The minimum atomic E-state index is -0.748. The monoisotopic (exact) mass is 489 g/mol. The van der Waals surface area contributed by atoms with Crippen molar-refractivity contribution in [1.29, 1.82) is 0 Å². The molecule has 1 aliphatic carbocycles. The number of hydrogen-bond acceptors (Lipinski definition) is 8. The molecule has 4 rings (SSSR count). The first kappa shape index (κ1) is 22.0. The largest absolute Gasteiger partial charge is 0.492 e. The first-order valence-corrected chi connectivity index (χ1v) is 11.3. The predicted octanol–water partition coefficient (Wildman–Crippen LogP) is 2.78. The number of aromatic nitrogens is 2. The van der Waals surface area contributed by atoms with E-state index in [9.17, 15) is 4.79 Å². The van der Waals surface area contributed by atoms with Gasteiger partial charge in [0.25, 0.3) is 5.89 Å². The Hall–Kier alpha value is -2.23. The fraction of sp³-hybridized carbons (Fsp3) is 0.500. The minimum absolute atomic E-state index is 0.348. The van der Waals surface area contributed by atoms with Crippen molar-refractivity contribution in [3.8, 4) is 5.75 Å². The van der Waals surface area contributed by atoms with Crippen molar-refractivity contribution >= 4 is 27.9 Å². The number of carbonyl (C=O) groups excluding carboxylic acids is 1. The van der Waals surface area contributed by atoms with E-state index in [1.165, 1.54) is 0 Å². The van der Waals surface area contributed by atoms with Crippen LogP contribution in [0.1, 0.15) is 50.0 Å². The fourth-order valence-electron chi connectivity index (χ4n) is 4.50. The van der Waals surface area contributed by atoms with Gasteiger partial charge in [-0.3, -0.25) is 0 Å². The second-order valence-electron chi connectivity index (χ2n) is 8.23. The van der Waals surface area contributed by atoms with Gasteiger partial charge in [0.1, 0.15) is 24.3 Å². The van der Waals surface area contributed by atoms with Crippen molar-refractivity contribution in [1.82, 2.24) is 15.1 Å². The molecule has 2 atom stereocenters. The highest BCUT2D eigenvalue weighted by atomic mass is 79.9. The molecule has 0 spiro atoms. The maximum Gasteiger partial charge on any atom is 0.263 e. The average molecular weight is 490 g/mol. The van der Waals surface area contributed by atoms with E-state index in [-0.39, 0.29) is 0 Å². The molecule has 0 saturated heterocycles. The molecule has 0 amide bonds. The summed E-state index contributed by atoms with van der Waals surface area (Å²) in [5.74, 6) is 1.68. The van der Waals surface area contributed by atoms with Gasteiger partial charge in [-0.1, -0.05) is 15.9 Å². The summed E-state index contributed by atoms with van der Waals surface area (Å²) < 4.78 is 12.9. The van der Waals surface area contributed by atoms with Gasteiger partial charge in [0.05, 0.1) is 11.5 Å². The Balaban J connectivity index is 1.85. The third-order valence-electron chi connectivity index (χ3n) is 6.20. The number of aldehydes is 1. The topological polar surface area (TPSA) is 120 Å². The summed E-state index contributed by atoms with van der Waals surface area (Å²) in [6.07, 6.45) is 3.12. The van der Waals surface area contributed by atoms with E-state index >= 15 is 0 Å². The van der Waals surface area contributed by atoms with Crippen molar-refractivity contribution in [3.63, 3.8) is 0 Å². The van der Waals surface area contributed by atoms with Crippen molar-refractivity contribution in [2.75, 3.05) is 26.2 Å². The van der Waals surface area contributed by atoms with Crippen LogP contribution in [0.25, 0.3) is 5.70 Å². The number of nitrogens with zero attached hydrogens (tertiary/aromatic N) is 3. The van der Waals surface area contributed by atoms with Gasteiger partial charge in [0.2, 0.25) is 5.89 Å². The standard InChI is InChI=1S/C22H28BrN5O3/c1-13-17(12-29)22(2,16-11-15(23)5-6-18(16)30-10-8-25)28(9-7-24)19(13)21-27-26-20(31-21)14-3-4-14/h5-6,11-12,14,17H,3-4,7-10,24-25H2,1-2H3. The second-order valence-corrected chi connectivity index (χ2v) is 9.15. The summed E-state index contributed by atoms with van der Waals surface area (Å²) in [6.45, 7) is 5.66. The zero-order valence-electron chi connectivity index (χ0n) is 17.8. The molecule has 0 radical (unpaired) electrons. The number of nitrogens with two attached hydrogens (primary N) is 2. The van der Waals surface area contributed by atoms with E-state index in [1.54, 1.807) is 0 Å². The second kappa shape index (κ2) is 8.72. The molecule has 0 bridgehead atoms. The Bertz CT molecular complexity index is 1000. The summed E-state index contributed by atoms with van der Waals surface area (Å²) >= 11 is 3.57. The number of ether oxygens (including phenoxy) is 1. The molecule has 2 unspecified atom stereocenters. The van der Waals surface area contributed by atoms with Crippen LogP contribution in [0.5, 0.6) is 5.75 Å². The number of hydrogen-bond donors (Lipinski definition) is 2. The smallest absolute Gasteiger partial charge is 0.263 e. The number of halogens is 1. The highest BCUT2D eigenvalue weighted by molar-refractivity contribution is 9.10. The van der Waals surface area contributed by atoms with Gasteiger partial charge in [-0.25, -0.2) is 0 Å². The van der Waals surface area contributed by atoms with Crippen LogP contribution in [0.4, 0.5) is 0 Å². The third-order valence-corrected chi connectivity index (χ3v) is 6.69. The van der Waals surface area contributed by atoms with Gasteiger partial charge >= 0.3 is 0 Å². The average Bonchev–Trinajstić information content (AvgIpc) is 3.45. The van der Waals surface area contributed by atoms with Gasteiger partial charge in [-0.2, -0.15) is 0 Å². The normalized spacial score (nSPS) is 23.5. The lowest BCUT2D eigenvalue weighted by atomic mass is 9.78. The van der Waals surface area contributed by atoms with Crippen LogP contribution in [0.3, 0.4) is 0 Å². The van der Waals surface area contributed by atoms with Gasteiger partial charge < -0.3 is 30.3 Å². The molecule has 1 aromatic carbocycles. The lowest BCUT2D eigenvalue weighted by Crippen LogP contribution is -2.46. The van der Waals surface area contributed by atoms with Gasteiger partial charge in [-0.05, 0) is 50.5 Å². The summed E-state index contributed by atoms with van der Waals surface area (Å²) in [7, 11) is 0. The molecule has 2 aromatic rings. The molecule has 1 fully saturated rings. The Morgan fingerprint density at radius 2 is 2.10 bits per heavy atom. The van der Waals surface area contributed by atoms with Crippen molar-refractivity contribution in [2.24, 2.45) is 17.4 Å². The Morgan fingerprint density at radius 1 is 1.32 bits per heavy atom. The van der Waals surface area contributed by atoms with Crippen molar-refractivity contribution in [2.45, 2.75) is 38.1 Å². The SMILES string of the molecule is CC1=C(c2nnc(C3CC3)o2)N(CCN)C(C)(c2cc(Br)ccc2OCCN)C1C=O. The van der Waals surface area contributed by atoms with Gasteiger partial charge in [-0.15, -0.1) is 10.2 Å². The molecule has 8 nitrogen and oxygen atoms in total. The molecule has 166 valence electrons. The highest BCUT2D eigenvalue weighted by Gasteiger charge is 2.52. The van der Waals surface area contributed by atoms with Crippen LogP contribution in [-0.2, 0) is 10.3 Å². The molecule has 31 heavy (non-hydrogen) atoms. The quantitative estimate of drug-likeness (QED) is 0.515. The van der Waals surface area contributed by atoms with Gasteiger partial charge in [0, 0.05) is 35.6 Å². The molecule has 1 aliphatic heterocycles. The zero-order chi connectivity index (χ0) is 22.2. The molecule has 9 heteroatoms. The van der Waals surface area contributed by atoms with Crippen LogP contribution < -0.4 is 16.2 Å². The molecule has 2 heterocycles. The predicted molar refractivity (Wildman–Crippen MR) is 120 cm³/mol. The van der Waals surface area contributed by atoms with E-state index in [0.717, 1.165) is 40.4 Å². The highest BCUT2D eigenvalue weighted by Crippen LogP contribution is 2.53. The van der Waals surface area contributed by atoms with Crippen LogP contribution in [-0.4, -0.2) is 47.6 Å². The summed E-state index contributed by atoms with van der Waals surface area (Å²) in [5.41, 5.74) is 13.5. The lowest BCUT2D eigenvalue weighted by molar-refractivity contribution is -0.112. The first-order chi connectivity index (χ1) is 14.9. The summed E-state index contributed by atoms with van der Waals surface area (Å²) in [4.78, 5) is 14.5. The summed E-state index contributed by atoms with van der Waals surface area (Å²) in [5, 5.41) is 8.58. The van der Waals surface area contributed by atoms with Crippen LogP contribution in [0.15, 0.2) is 32.7 Å². The molecule has 1 aromatic heterocycles. The van der Waals surface area contributed by atoms with E-state index in [2.05, 4.69) is 31.0 Å². The van der Waals surface area contributed by atoms with Crippen molar-refractivity contribution < 1.29 is 13.9 Å². The Kier molecular flexibility index (Phi) is 6.18. The summed E-state index contributed by atoms with van der Waals surface area (Å²) in [6, 6.07) is 5.80. The Labute approximate surface area is 190 Å². The van der Waals surface area contributed by atoms with Crippen LogP contribution in [0, 0.1) is 5.92 Å². The fourth-order valence-corrected chi connectivity index (χ4v) is 4.87. The number of benzene rings is 1. The lowest BCUT2D eigenvalue weighted by Gasteiger charge is -2.41. The Morgan fingerprint density at radius 3 is 2.74 bits per heavy atom. The molecule has 1 saturated carbocycles. The third kappa shape index (κ3) is 3.79. The number of rotatable bonds is 9. The maximum absolute atomic E-state index is 12.4. The van der Waals surface area contributed by atoms with Crippen LogP contribution >= 0.6 is 15.9 Å². The number of carbonyl (C=O) groups is 1. The minimum Gasteiger partial charge on any atom is -0.492 e. The van der Waals surface area contributed by atoms with E-state index in [4.69, 9.17) is 20.6 Å². The first-order valence-electron chi connectivity index (χ1n) is 10.6. The van der Waals surface area contributed by atoms with Gasteiger partial charge in [0.15, 0.2) is 0 Å². The van der Waals surface area contributed by atoms with Crippen molar-refractivity contribution in [3.05, 3.63) is 45.6 Å². The molecule has 2 aliphatic rings. The van der Waals surface area contributed by atoms with E-state index in [0.29, 0.717) is 49.7 Å². The van der Waals surface area contributed by atoms with E-state index < -0.39 is 11.5 Å². The maximum atomic E-state index is 12.4. The molecular weight excluding hydrogens is 462 g/mol. The van der Waals surface area contributed by atoms with E-state index in [1.807, 2.05) is 32.0 Å². The van der Waals surface area contributed by atoms with Crippen LogP contribution in [0.2, 0.25) is 0 Å². The zero-order valence-corrected chi connectivity index (χ0v) is 19.4.